The van der Waals surface area contributed by atoms with Gasteiger partial charge in [-0.05, 0) is 43.0 Å². The number of carbonyl (C=O) groups is 1. The molecule has 1 amide bonds. The van der Waals surface area contributed by atoms with Crippen molar-refractivity contribution in [1.29, 1.82) is 0 Å². The molecule has 4 rings (SSSR count). The van der Waals surface area contributed by atoms with E-state index in [2.05, 4.69) is 33.2 Å². The van der Waals surface area contributed by atoms with Crippen molar-refractivity contribution >= 4 is 22.5 Å². The molecule has 0 unspecified atom stereocenters. The third kappa shape index (κ3) is 4.01. The summed E-state index contributed by atoms with van der Waals surface area (Å²) in [5, 5.41) is 4.16. The number of ether oxygens (including phenoxy) is 1. The predicted octanol–water partition coefficient (Wildman–Crippen LogP) is 3.48. The van der Waals surface area contributed by atoms with E-state index in [0.717, 1.165) is 53.7 Å². The van der Waals surface area contributed by atoms with Gasteiger partial charge in [-0.25, -0.2) is 0 Å². The second-order valence-electron chi connectivity index (χ2n) is 7.49. The molecule has 150 valence electrons. The third-order valence-electron chi connectivity index (χ3n) is 5.61. The van der Waals surface area contributed by atoms with Crippen LogP contribution >= 0.6 is 0 Å². The summed E-state index contributed by atoms with van der Waals surface area (Å²) < 4.78 is 5.48. The zero-order chi connectivity index (χ0) is 20.2. The van der Waals surface area contributed by atoms with E-state index >= 15 is 0 Å². The number of anilines is 1. The van der Waals surface area contributed by atoms with Gasteiger partial charge in [0.1, 0.15) is 11.3 Å². The number of hydrogen-bond donors (Lipinski definition) is 1. The Morgan fingerprint density at radius 3 is 2.76 bits per heavy atom. The monoisotopic (exact) mass is 390 g/mol. The Hall–Kier alpha value is -3.15. The molecule has 1 aliphatic rings. The molecule has 3 heterocycles. The summed E-state index contributed by atoms with van der Waals surface area (Å²) in [7, 11) is 1.67. The summed E-state index contributed by atoms with van der Waals surface area (Å²) in [4.78, 5) is 23.7. The number of rotatable bonds is 5. The van der Waals surface area contributed by atoms with Gasteiger partial charge in [0.25, 0.3) is 0 Å². The summed E-state index contributed by atoms with van der Waals surface area (Å²) >= 11 is 0. The highest BCUT2D eigenvalue weighted by molar-refractivity contribution is 5.96. The van der Waals surface area contributed by atoms with E-state index < -0.39 is 0 Å². The Kier molecular flexibility index (Phi) is 5.60. The van der Waals surface area contributed by atoms with Gasteiger partial charge in [0.2, 0.25) is 5.91 Å². The van der Waals surface area contributed by atoms with Crippen LogP contribution in [-0.2, 0) is 11.3 Å². The maximum absolute atomic E-state index is 12.6. The smallest absolute Gasteiger partial charge is 0.223 e. The van der Waals surface area contributed by atoms with Crippen LogP contribution in [0.1, 0.15) is 24.0 Å². The van der Waals surface area contributed by atoms with Crippen LogP contribution in [0.15, 0.2) is 48.9 Å². The Labute approximate surface area is 170 Å². The van der Waals surface area contributed by atoms with Gasteiger partial charge in [-0.2, -0.15) is 0 Å². The lowest BCUT2D eigenvalue weighted by Gasteiger charge is -2.34. The molecule has 6 heteroatoms. The Bertz CT molecular complexity index is 998. The second-order valence-corrected chi connectivity index (χ2v) is 7.49. The first-order chi connectivity index (χ1) is 14.2. The van der Waals surface area contributed by atoms with Crippen LogP contribution in [0.5, 0.6) is 5.75 Å². The molecule has 0 radical (unpaired) electrons. The number of methoxy groups -OCH3 is 1. The quantitative estimate of drug-likeness (QED) is 0.722. The summed E-state index contributed by atoms with van der Waals surface area (Å²) in [6.07, 6.45) is 7.11. The molecule has 0 atom stereocenters. The van der Waals surface area contributed by atoms with Gasteiger partial charge in [-0.3, -0.25) is 14.8 Å². The van der Waals surface area contributed by atoms with Crippen molar-refractivity contribution in [3.63, 3.8) is 0 Å². The summed E-state index contributed by atoms with van der Waals surface area (Å²) in [6.45, 7) is 4.32. The molecule has 6 nitrogen and oxygen atoms in total. The lowest BCUT2D eigenvalue weighted by Crippen LogP contribution is -2.40. The molecule has 1 N–H and O–H groups in total. The lowest BCUT2D eigenvalue weighted by atomic mass is 9.94. The molecule has 3 aromatic rings. The maximum atomic E-state index is 12.6. The van der Waals surface area contributed by atoms with Crippen molar-refractivity contribution in [2.24, 2.45) is 5.92 Å². The third-order valence-corrected chi connectivity index (χ3v) is 5.61. The van der Waals surface area contributed by atoms with E-state index in [0.29, 0.717) is 6.54 Å². The van der Waals surface area contributed by atoms with Gasteiger partial charge in [-0.15, -0.1) is 0 Å². The number of benzene rings is 1. The van der Waals surface area contributed by atoms with E-state index in [-0.39, 0.29) is 11.8 Å². The van der Waals surface area contributed by atoms with Crippen LogP contribution in [0.4, 0.5) is 5.69 Å². The van der Waals surface area contributed by atoms with Crippen molar-refractivity contribution in [3.05, 3.63) is 60.0 Å². The minimum atomic E-state index is 0.0471. The number of para-hydroxylation sites is 1. The highest BCUT2D eigenvalue weighted by Crippen LogP contribution is 2.35. The number of amides is 1. The van der Waals surface area contributed by atoms with Gasteiger partial charge < -0.3 is 15.0 Å². The van der Waals surface area contributed by atoms with Gasteiger partial charge >= 0.3 is 0 Å². The maximum Gasteiger partial charge on any atom is 0.223 e. The van der Waals surface area contributed by atoms with E-state index in [4.69, 9.17) is 4.74 Å². The summed E-state index contributed by atoms with van der Waals surface area (Å²) in [5.74, 6) is 0.964. The van der Waals surface area contributed by atoms with Crippen LogP contribution < -0.4 is 15.0 Å². The average Bonchev–Trinajstić information content (AvgIpc) is 2.77. The number of piperidine rings is 1. The van der Waals surface area contributed by atoms with E-state index in [1.807, 2.05) is 30.5 Å². The van der Waals surface area contributed by atoms with Crippen LogP contribution in [0.2, 0.25) is 0 Å². The topological polar surface area (TPSA) is 67.3 Å². The van der Waals surface area contributed by atoms with E-state index in [9.17, 15) is 4.79 Å². The zero-order valence-electron chi connectivity index (χ0n) is 16.9. The molecule has 2 aromatic heterocycles. The number of nitrogens with zero attached hydrogens (tertiary/aromatic N) is 3. The van der Waals surface area contributed by atoms with Crippen LogP contribution in [-0.4, -0.2) is 36.1 Å². The fourth-order valence-electron chi connectivity index (χ4n) is 4.07. The normalized spacial score (nSPS) is 14.8. The number of pyridine rings is 2. The predicted molar refractivity (Wildman–Crippen MR) is 114 cm³/mol. The van der Waals surface area contributed by atoms with Crippen molar-refractivity contribution in [2.75, 3.05) is 25.1 Å². The molecular formula is C23H26N4O2. The SMILES string of the molecule is COc1cccc2c(N3CCC(C(=O)NCc4cccnc4)CC3)c(C)cnc12. The molecular weight excluding hydrogens is 364 g/mol. The molecule has 0 spiro atoms. The number of fused-ring (bicyclic) bond motifs is 1. The van der Waals surface area contributed by atoms with Crippen molar-refractivity contribution in [3.8, 4) is 5.75 Å². The van der Waals surface area contributed by atoms with Crippen molar-refractivity contribution < 1.29 is 9.53 Å². The number of aromatic nitrogens is 2. The second kappa shape index (κ2) is 8.47. The van der Waals surface area contributed by atoms with Crippen LogP contribution in [0.3, 0.4) is 0 Å². The largest absolute Gasteiger partial charge is 0.494 e. The molecule has 1 aliphatic heterocycles. The lowest BCUT2D eigenvalue weighted by molar-refractivity contribution is -0.125. The fourth-order valence-corrected chi connectivity index (χ4v) is 4.07. The molecule has 1 aromatic carbocycles. The number of hydrogen-bond acceptors (Lipinski definition) is 5. The summed E-state index contributed by atoms with van der Waals surface area (Å²) in [5.41, 5.74) is 4.24. The number of aryl methyl sites for hydroxylation is 1. The minimum absolute atomic E-state index is 0.0471. The van der Waals surface area contributed by atoms with Crippen LogP contribution in [0.25, 0.3) is 10.9 Å². The van der Waals surface area contributed by atoms with Gasteiger partial charge in [0.05, 0.1) is 12.8 Å². The number of carbonyl (C=O) groups excluding carboxylic acids is 1. The summed E-state index contributed by atoms with van der Waals surface area (Å²) in [6, 6.07) is 9.90. The Morgan fingerprint density at radius 1 is 1.21 bits per heavy atom. The Morgan fingerprint density at radius 2 is 2.03 bits per heavy atom. The van der Waals surface area contributed by atoms with E-state index in [1.54, 1.807) is 19.5 Å². The standard InChI is InChI=1S/C23H26N4O2/c1-16-13-25-21-19(6-3-7-20(21)29-2)22(16)27-11-8-18(9-12-27)23(28)26-15-17-5-4-10-24-14-17/h3-7,10,13-14,18H,8-9,11-12,15H2,1-2H3,(H,26,28). The first-order valence-electron chi connectivity index (χ1n) is 10.0. The first-order valence-corrected chi connectivity index (χ1v) is 10.0. The molecule has 29 heavy (non-hydrogen) atoms. The molecule has 0 saturated carbocycles. The van der Waals surface area contributed by atoms with Gasteiger partial charge in [0.15, 0.2) is 0 Å². The van der Waals surface area contributed by atoms with Gasteiger partial charge in [0, 0.05) is 49.5 Å². The molecule has 1 saturated heterocycles. The Balaban J connectivity index is 1.44. The average molecular weight is 390 g/mol. The first kappa shape index (κ1) is 19.2. The van der Waals surface area contributed by atoms with Gasteiger partial charge in [-0.1, -0.05) is 18.2 Å². The minimum Gasteiger partial charge on any atom is -0.494 e. The number of nitrogens with one attached hydrogen (secondary N) is 1. The van der Waals surface area contributed by atoms with Crippen molar-refractivity contribution in [2.45, 2.75) is 26.3 Å². The van der Waals surface area contributed by atoms with Crippen LogP contribution in [0, 0.1) is 12.8 Å². The highest BCUT2D eigenvalue weighted by atomic mass is 16.5. The zero-order valence-corrected chi connectivity index (χ0v) is 16.9. The highest BCUT2D eigenvalue weighted by Gasteiger charge is 2.26. The van der Waals surface area contributed by atoms with E-state index in [1.165, 1.54) is 5.69 Å². The molecule has 0 aliphatic carbocycles. The fraction of sp³-hybridized carbons (Fsp3) is 0.348. The molecule has 0 bridgehead atoms. The molecule has 1 fully saturated rings. The van der Waals surface area contributed by atoms with Crippen molar-refractivity contribution in [1.82, 2.24) is 15.3 Å².